The van der Waals surface area contributed by atoms with Gasteiger partial charge in [0.25, 0.3) is 0 Å². The largest absolute Gasteiger partial charge is 0.427 e. The average Bonchev–Trinajstić information content (AvgIpc) is 2.17. The standard InChI is InChI=1S/C9H11NO4/c1-6(11)13-8-4-2-7(3-5-8)9(12)14-10/h2-5,9,12H,10H2,1H3. The highest BCUT2D eigenvalue weighted by Crippen LogP contribution is 2.17. The summed E-state index contributed by atoms with van der Waals surface area (Å²) >= 11 is 0. The lowest BCUT2D eigenvalue weighted by atomic mass is 10.2. The Morgan fingerprint density at radius 2 is 2.00 bits per heavy atom. The summed E-state index contributed by atoms with van der Waals surface area (Å²) in [6.45, 7) is 1.31. The van der Waals surface area contributed by atoms with Crippen molar-refractivity contribution in [3.05, 3.63) is 29.8 Å². The van der Waals surface area contributed by atoms with Gasteiger partial charge in [-0.2, -0.15) is 0 Å². The van der Waals surface area contributed by atoms with Crippen molar-refractivity contribution in [1.82, 2.24) is 0 Å². The van der Waals surface area contributed by atoms with Gasteiger partial charge in [0.2, 0.25) is 0 Å². The molecule has 0 aliphatic rings. The number of carbonyl (C=O) groups is 1. The third-order valence-corrected chi connectivity index (χ3v) is 1.56. The number of carbonyl (C=O) groups excluding carboxylic acids is 1. The maximum atomic E-state index is 10.6. The molecule has 0 radical (unpaired) electrons. The van der Waals surface area contributed by atoms with Gasteiger partial charge in [-0.3, -0.25) is 9.63 Å². The van der Waals surface area contributed by atoms with E-state index in [9.17, 15) is 4.79 Å². The van der Waals surface area contributed by atoms with Gasteiger partial charge in [0.1, 0.15) is 5.75 Å². The maximum absolute atomic E-state index is 10.6. The number of aliphatic hydroxyl groups is 1. The molecule has 0 aliphatic carbocycles. The summed E-state index contributed by atoms with van der Waals surface area (Å²) in [6, 6.07) is 6.18. The van der Waals surface area contributed by atoms with Crippen LogP contribution in [-0.4, -0.2) is 11.1 Å². The van der Waals surface area contributed by atoms with Gasteiger partial charge < -0.3 is 9.84 Å². The first kappa shape index (κ1) is 10.6. The van der Waals surface area contributed by atoms with Crippen LogP contribution in [0.2, 0.25) is 0 Å². The fraction of sp³-hybridized carbons (Fsp3) is 0.222. The molecule has 0 aromatic heterocycles. The van der Waals surface area contributed by atoms with Crippen LogP contribution in [-0.2, 0) is 9.63 Å². The van der Waals surface area contributed by atoms with Crippen molar-refractivity contribution in [3.8, 4) is 5.75 Å². The minimum absolute atomic E-state index is 0.395. The molecule has 1 aromatic carbocycles. The topological polar surface area (TPSA) is 81.8 Å². The van der Waals surface area contributed by atoms with E-state index < -0.39 is 12.3 Å². The molecule has 0 saturated heterocycles. The summed E-state index contributed by atoms with van der Waals surface area (Å²) in [4.78, 5) is 14.8. The van der Waals surface area contributed by atoms with Crippen molar-refractivity contribution in [2.24, 2.45) is 5.90 Å². The van der Waals surface area contributed by atoms with Crippen molar-refractivity contribution in [3.63, 3.8) is 0 Å². The van der Waals surface area contributed by atoms with Gasteiger partial charge >= 0.3 is 5.97 Å². The van der Waals surface area contributed by atoms with Crippen molar-refractivity contribution < 1.29 is 19.5 Å². The minimum Gasteiger partial charge on any atom is -0.427 e. The summed E-state index contributed by atoms with van der Waals surface area (Å²) in [5.74, 6) is 4.80. The lowest BCUT2D eigenvalue weighted by Gasteiger charge is -2.08. The predicted molar refractivity (Wildman–Crippen MR) is 48.0 cm³/mol. The molecule has 1 unspecified atom stereocenters. The Morgan fingerprint density at radius 1 is 1.43 bits per heavy atom. The maximum Gasteiger partial charge on any atom is 0.308 e. The van der Waals surface area contributed by atoms with Gasteiger partial charge in [-0.15, -0.1) is 0 Å². The van der Waals surface area contributed by atoms with Crippen LogP contribution in [0.1, 0.15) is 18.8 Å². The molecule has 14 heavy (non-hydrogen) atoms. The number of ether oxygens (including phenoxy) is 1. The first-order valence-corrected chi connectivity index (χ1v) is 3.95. The highest BCUT2D eigenvalue weighted by molar-refractivity contribution is 5.69. The van der Waals surface area contributed by atoms with E-state index >= 15 is 0 Å². The molecule has 1 atom stereocenters. The monoisotopic (exact) mass is 197 g/mol. The fourth-order valence-corrected chi connectivity index (χ4v) is 0.945. The Bertz CT molecular complexity index is 309. The molecule has 76 valence electrons. The quantitative estimate of drug-likeness (QED) is 0.319. The van der Waals surface area contributed by atoms with E-state index in [1.807, 2.05) is 0 Å². The molecule has 0 bridgehead atoms. The Kier molecular flexibility index (Phi) is 3.58. The second-order valence-electron chi connectivity index (χ2n) is 2.65. The van der Waals surface area contributed by atoms with Gasteiger partial charge in [0.05, 0.1) is 0 Å². The molecular formula is C9H11NO4. The molecular weight excluding hydrogens is 186 g/mol. The van der Waals surface area contributed by atoms with Crippen LogP contribution >= 0.6 is 0 Å². The SMILES string of the molecule is CC(=O)Oc1ccc(C(O)ON)cc1. The zero-order valence-electron chi connectivity index (χ0n) is 7.64. The Balaban J connectivity index is 2.73. The summed E-state index contributed by atoms with van der Waals surface area (Å²) in [6.07, 6.45) is -1.17. The summed E-state index contributed by atoms with van der Waals surface area (Å²) in [7, 11) is 0. The van der Waals surface area contributed by atoms with E-state index in [4.69, 9.17) is 15.7 Å². The third kappa shape index (κ3) is 2.81. The first-order chi connectivity index (χ1) is 6.63. The van der Waals surface area contributed by atoms with E-state index in [2.05, 4.69) is 4.84 Å². The van der Waals surface area contributed by atoms with Gasteiger partial charge in [-0.1, -0.05) is 12.1 Å². The molecule has 5 nitrogen and oxygen atoms in total. The zero-order valence-corrected chi connectivity index (χ0v) is 7.64. The van der Waals surface area contributed by atoms with Gasteiger partial charge in [0, 0.05) is 12.5 Å². The first-order valence-electron chi connectivity index (χ1n) is 3.95. The highest BCUT2D eigenvalue weighted by Gasteiger charge is 2.06. The van der Waals surface area contributed by atoms with Crippen LogP contribution in [0.5, 0.6) is 5.75 Å². The van der Waals surface area contributed by atoms with Crippen molar-refractivity contribution >= 4 is 5.97 Å². The molecule has 0 spiro atoms. The second-order valence-corrected chi connectivity index (χ2v) is 2.65. The molecule has 5 heteroatoms. The predicted octanol–water partition coefficient (Wildman–Crippen LogP) is 0.493. The lowest BCUT2D eigenvalue weighted by Crippen LogP contribution is -2.08. The third-order valence-electron chi connectivity index (χ3n) is 1.56. The Hall–Kier alpha value is -1.43. The number of rotatable bonds is 3. The number of aliphatic hydroxyl groups excluding tert-OH is 1. The number of hydrogen-bond acceptors (Lipinski definition) is 5. The molecule has 0 fully saturated rings. The van der Waals surface area contributed by atoms with Crippen molar-refractivity contribution in [2.75, 3.05) is 0 Å². The van der Waals surface area contributed by atoms with Gasteiger partial charge in [-0.05, 0) is 12.1 Å². The molecule has 0 aliphatic heterocycles. The minimum atomic E-state index is -1.17. The molecule has 1 aromatic rings. The van der Waals surface area contributed by atoms with Gasteiger partial charge in [0.15, 0.2) is 6.29 Å². The van der Waals surface area contributed by atoms with Crippen LogP contribution in [0.15, 0.2) is 24.3 Å². The van der Waals surface area contributed by atoms with Crippen LogP contribution < -0.4 is 10.6 Å². The molecule has 0 amide bonds. The van der Waals surface area contributed by atoms with E-state index in [-0.39, 0.29) is 0 Å². The summed E-state index contributed by atoms with van der Waals surface area (Å²) in [5, 5.41) is 9.15. The van der Waals surface area contributed by atoms with Crippen LogP contribution in [0, 0.1) is 0 Å². The lowest BCUT2D eigenvalue weighted by molar-refractivity contribution is -0.131. The Morgan fingerprint density at radius 3 is 2.43 bits per heavy atom. The molecule has 1 rings (SSSR count). The molecule has 3 N–H and O–H groups in total. The zero-order chi connectivity index (χ0) is 10.6. The Labute approximate surface area is 81.0 Å². The van der Waals surface area contributed by atoms with Crippen LogP contribution in [0.25, 0.3) is 0 Å². The van der Waals surface area contributed by atoms with Crippen molar-refractivity contribution in [1.29, 1.82) is 0 Å². The van der Waals surface area contributed by atoms with E-state index in [1.54, 1.807) is 24.3 Å². The second kappa shape index (κ2) is 4.71. The van der Waals surface area contributed by atoms with Crippen LogP contribution in [0.3, 0.4) is 0 Å². The van der Waals surface area contributed by atoms with Crippen molar-refractivity contribution in [2.45, 2.75) is 13.2 Å². The normalized spacial score (nSPS) is 12.2. The summed E-state index contributed by atoms with van der Waals surface area (Å²) < 4.78 is 4.79. The number of esters is 1. The smallest absolute Gasteiger partial charge is 0.308 e. The van der Waals surface area contributed by atoms with E-state index in [1.165, 1.54) is 6.92 Å². The number of hydrogen-bond donors (Lipinski definition) is 2. The average molecular weight is 197 g/mol. The summed E-state index contributed by atoms with van der Waals surface area (Å²) in [5.41, 5.74) is 0.489. The van der Waals surface area contributed by atoms with E-state index in [0.29, 0.717) is 11.3 Å². The molecule has 0 saturated carbocycles. The van der Waals surface area contributed by atoms with E-state index in [0.717, 1.165) is 0 Å². The fourth-order valence-electron chi connectivity index (χ4n) is 0.945. The number of nitrogens with two attached hydrogens (primary N) is 1. The van der Waals surface area contributed by atoms with Gasteiger partial charge in [-0.25, -0.2) is 5.90 Å². The number of benzene rings is 1. The highest BCUT2D eigenvalue weighted by atomic mass is 16.7. The van der Waals surface area contributed by atoms with Crippen LogP contribution in [0.4, 0.5) is 0 Å². The molecule has 0 heterocycles.